The van der Waals surface area contributed by atoms with Crippen molar-refractivity contribution in [2.24, 2.45) is 16.5 Å². The fourth-order valence-corrected chi connectivity index (χ4v) is 1.13. The average molecular weight is 200 g/mol. The molecule has 0 saturated heterocycles. The number of ether oxygens (including phenoxy) is 1. The summed E-state index contributed by atoms with van der Waals surface area (Å²) in [6, 6.07) is 5.04. The molecule has 0 saturated carbocycles. The number of guanidine groups is 1. The Bertz CT molecular complexity index is 334. The van der Waals surface area contributed by atoms with Crippen molar-refractivity contribution in [3.05, 3.63) is 23.2 Å². The molecule has 5 heteroatoms. The minimum atomic E-state index is 0.00114. The SMILES string of the molecule is COc1ccc(N=C(N)N)cc1Cl. The zero-order valence-corrected chi connectivity index (χ0v) is 7.88. The highest BCUT2D eigenvalue weighted by atomic mass is 35.5. The van der Waals surface area contributed by atoms with E-state index in [1.165, 1.54) is 0 Å². The van der Waals surface area contributed by atoms with Gasteiger partial charge in [-0.25, -0.2) is 4.99 Å². The Morgan fingerprint density at radius 2 is 2.15 bits per heavy atom. The Morgan fingerprint density at radius 1 is 1.46 bits per heavy atom. The van der Waals surface area contributed by atoms with Gasteiger partial charge in [-0.3, -0.25) is 0 Å². The highest BCUT2D eigenvalue weighted by molar-refractivity contribution is 6.32. The maximum Gasteiger partial charge on any atom is 0.191 e. The fourth-order valence-electron chi connectivity index (χ4n) is 0.874. The van der Waals surface area contributed by atoms with Crippen LogP contribution in [0.2, 0.25) is 5.02 Å². The van der Waals surface area contributed by atoms with Crippen LogP contribution in [0.4, 0.5) is 5.69 Å². The maximum absolute atomic E-state index is 5.84. The van der Waals surface area contributed by atoms with Gasteiger partial charge in [0.2, 0.25) is 0 Å². The summed E-state index contributed by atoms with van der Waals surface area (Å²) in [5.41, 5.74) is 11.0. The molecule has 0 aliphatic carbocycles. The van der Waals surface area contributed by atoms with Crippen LogP contribution >= 0.6 is 11.6 Å². The summed E-state index contributed by atoms with van der Waals surface area (Å²) in [6.07, 6.45) is 0. The molecular formula is C8H10ClN3O. The van der Waals surface area contributed by atoms with E-state index < -0.39 is 0 Å². The van der Waals surface area contributed by atoms with Crippen LogP contribution in [-0.2, 0) is 0 Å². The zero-order valence-electron chi connectivity index (χ0n) is 7.12. The van der Waals surface area contributed by atoms with Gasteiger partial charge in [0.05, 0.1) is 17.8 Å². The second-order valence-corrected chi connectivity index (χ2v) is 2.76. The second-order valence-electron chi connectivity index (χ2n) is 2.36. The summed E-state index contributed by atoms with van der Waals surface area (Å²) in [5.74, 6) is 0.595. The van der Waals surface area contributed by atoms with E-state index in [1.54, 1.807) is 25.3 Å². The molecule has 0 amide bonds. The number of hydrogen-bond acceptors (Lipinski definition) is 2. The van der Waals surface area contributed by atoms with Crippen molar-refractivity contribution in [2.45, 2.75) is 0 Å². The lowest BCUT2D eigenvalue weighted by atomic mass is 10.3. The topological polar surface area (TPSA) is 73.6 Å². The van der Waals surface area contributed by atoms with Crippen LogP contribution in [0.25, 0.3) is 0 Å². The van der Waals surface area contributed by atoms with Crippen LogP contribution in [0.3, 0.4) is 0 Å². The predicted molar refractivity (Wildman–Crippen MR) is 53.5 cm³/mol. The first-order chi connectivity index (χ1) is 6.13. The molecule has 4 nitrogen and oxygen atoms in total. The molecule has 0 radical (unpaired) electrons. The van der Waals surface area contributed by atoms with E-state index in [4.69, 9.17) is 27.8 Å². The molecule has 0 atom stereocenters. The van der Waals surface area contributed by atoms with Gasteiger partial charge in [-0.05, 0) is 18.2 Å². The third-order valence-electron chi connectivity index (χ3n) is 1.39. The van der Waals surface area contributed by atoms with E-state index in [9.17, 15) is 0 Å². The molecule has 13 heavy (non-hydrogen) atoms. The van der Waals surface area contributed by atoms with E-state index in [2.05, 4.69) is 4.99 Å². The van der Waals surface area contributed by atoms with Gasteiger partial charge in [0.15, 0.2) is 5.96 Å². The number of aliphatic imine (C=N–C) groups is 1. The first-order valence-electron chi connectivity index (χ1n) is 3.56. The molecule has 0 aliphatic heterocycles. The lowest BCUT2D eigenvalue weighted by molar-refractivity contribution is 0.415. The summed E-state index contributed by atoms with van der Waals surface area (Å²) in [5, 5.41) is 0.477. The van der Waals surface area contributed by atoms with Crippen LogP contribution < -0.4 is 16.2 Å². The van der Waals surface area contributed by atoms with Crippen molar-refractivity contribution < 1.29 is 4.74 Å². The lowest BCUT2D eigenvalue weighted by Gasteiger charge is -2.02. The van der Waals surface area contributed by atoms with Gasteiger partial charge in [-0.1, -0.05) is 11.6 Å². The van der Waals surface area contributed by atoms with Gasteiger partial charge >= 0.3 is 0 Å². The predicted octanol–water partition coefficient (Wildman–Crippen LogP) is 1.25. The third-order valence-corrected chi connectivity index (χ3v) is 1.69. The van der Waals surface area contributed by atoms with Gasteiger partial charge in [-0.15, -0.1) is 0 Å². The monoisotopic (exact) mass is 199 g/mol. The van der Waals surface area contributed by atoms with Crippen LogP contribution in [0, 0.1) is 0 Å². The Morgan fingerprint density at radius 3 is 2.62 bits per heavy atom. The molecule has 0 spiro atoms. The van der Waals surface area contributed by atoms with E-state index in [0.29, 0.717) is 16.5 Å². The second kappa shape index (κ2) is 4.00. The number of benzene rings is 1. The standard InChI is InChI=1S/C8H10ClN3O/c1-13-7-3-2-5(4-6(7)9)12-8(10)11/h2-4H,1H3,(H4,10,11,12). The molecule has 0 fully saturated rings. The van der Waals surface area contributed by atoms with Gasteiger partial charge in [0, 0.05) is 0 Å². The number of nitrogens with two attached hydrogens (primary N) is 2. The van der Waals surface area contributed by atoms with Crippen molar-refractivity contribution in [3.63, 3.8) is 0 Å². The summed E-state index contributed by atoms with van der Waals surface area (Å²) in [6.45, 7) is 0. The molecule has 1 rings (SSSR count). The van der Waals surface area contributed by atoms with Crippen molar-refractivity contribution in [3.8, 4) is 5.75 Å². The largest absolute Gasteiger partial charge is 0.495 e. The van der Waals surface area contributed by atoms with E-state index in [-0.39, 0.29) is 5.96 Å². The molecule has 1 aromatic rings. The molecule has 0 unspecified atom stereocenters. The van der Waals surface area contributed by atoms with Crippen molar-refractivity contribution in [2.75, 3.05) is 7.11 Å². The zero-order chi connectivity index (χ0) is 9.84. The molecule has 0 heterocycles. The quantitative estimate of drug-likeness (QED) is 0.556. The third kappa shape index (κ3) is 2.52. The van der Waals surface area contributed by atoms with E-state index in [0.717, 1.165) is 0 Å². The number of rotatable bonds is 2. The number of methoxy groups -OCH3 is 1. The Hall–Kier alpha value is -1.42. The normalized spacial score (nSPS) is 9.38. The van der Waals surface area contributed by atoms with Crippen LogP contribution in [-0.4, -0.2) is 13.1 Å². The van der Waals surface area contributed by atoms with E-state index in [1.807, 2.05) is 0 Å². The van der Waals surface area contributed by atoms with Crippen molar-refractivity contribution in [1.82, 2.24) is 0 Å². The Balaban J connectivity index is 3.03. The highest BCUT2D eigenvalue weighted by Gasteiger charge is 2.00. The molecule has 4 N–H and O–H groups in total. The van der Waals surface area contributed by atoms with Gasteiger partial charge in [-0.2, -0.15) is 0 Å². The molecule has 0 aliphatic rings. The lowest BCUT2D eigenvalue weighted by Crippen LogP contribution is -2.21. The number of nitrogens with zero attached hydrogens (tertiary/aromatic N) is 1. The summed E-state index contributed by atoms with van der Waals surface area (Å²) in [4.78, 5) is 3.83. The fraction of sp³-hybridized carbons (Fsp3) is 0.125. The minimum absolute atomic E-state index is 0.00114. The van der Waals surface area contributed by atoms with Crippen molar-refractivity contribution >= 4 is 23.2 Å². The minimum Gasteiger partial charge on any atom is -0.495 e. The van der Waals surface area contributed by atoms with Crippen molar-refractivity contribution in [1.29, 1.82) is 0 Å². The van der Waals surface area contributed by atoms with Crippen LogP contribution in [0.1, 0.15) is 0 Å². The molecular weight excluding hydrogens is 190 g/mol. The van der Waals surface area contributed by atoms with Gasteiger partial charge in [0.1, 0.15) is 5.75 Å². The van der Waals surface area contributed by atoms with Crippen LogP contribution in [0.5, 0.6) is 5.75 Å². The number of halogens is 1. The summed E-state index contributed by atoms with van der Waals surface area (Å²) >= 11 is 5.84. The smallest absolute Gasteiger partial charge is 0.191 e. The molecule has 1 aromatic carbocycles. The van der Waals surface area contributed by atoms with E-state index >= 15 is 0 Å². The first-order valence-corrected chi connectivity index (χ1v) is 3.94. The van der Waals surface area contributed by atoms with Gasteiger partial charge in [0.25, 0.3) is 0 Å². The Labute approximate surface area is 81.2 Å². The molecule has 0 bridgehead atoms. The summed E-state index contributed by atoms with van der Waals surface area (Å²) in [7, 11) is 1.54. The number of hydrogen-bond donors (Lipinski definition) is 2. The maximum atomic E-state index is 5.84. The Kier molecular flexibility index (Phi) is 2.97. The molecule has 0 aromatic heterocycles. The average Bonchev–Trinajstić information content (AvgIpc) is 2.03. The van der Waals surface area contributed by atoms with Crippen LogP contribution in [0.15, 0.2) is 23.2 Å². The summed E-state index contributed by atoms with van der Waals surface area (Å²) < 4.78 is 4.96. The molecule has 70 valence electrons. The van der Waals surface area contributed by atoms with Gasteiger partial charge < -0.3 is 16.2 Å². The highest BCUT2D eigenvalue weighted by Crippen LogP contribution is 2.28. The first kappa shape index (κ1) is 9.67.